The predicted octanol–water partition coefficient (Wildman–Crippen LogP) is 3.42. The molecule has 0 N–H and O–H groups in total. The van der Waals surface area contributed by atoms with E-state index in [4.69, 9.17) is 0 Å². The summed E-state index contributed by atoms with van der Waals surface area (Å²) in [7, 11) is 0. The van der Waals surface area contributed by atoms with Crippen molar-refractivity contribution in [3.8, 4) is 10.6 Å². The smallest absolute Gasteiger partial charge is 0.112 e. The molecule has 0 bridgehead atoms. The van der Waals surface area contributed by atoms with Crippen molar-refractivity contribution in [2.45, 2.75) is 0 Å². The molecule has 0 aliphatic heterocycles. The molecule has 0 unspecified atom stereocenters. The molecule has 0 aliphatic carbocycles. The van der Waals surface area contributed by atoms with Crippen LogP contribution in [0.3, 0.4) is 0 Å². The van der Waals surface area contributed by atoms with Crippen molar-refractivity contribution in [3.05, 3.63) is 35.2 Å². The van der Waals surface area contributed by atoms with Gasteiger partial charge in [0.2, 0.25) is 0 Å². The Balaban J connectivity index is 2.36. The van der Waals surface area contributed by atoms with Crippen molar-refractivity contribution < 1.29 is 0 Å². The van der Waals surface area contributed by atoms with Gasteiger partial charge in [0.15, 0.2) is 0 Å². The third-order valence-corrected chi connectivity index (χ3v) is 3.77. The van der Waals surface area contributed by atoms with Crippen molar-refractivity contribution >= 4 is 32.8 Å². The lowest BCUT2D eigenvalue weighted by Gasteiger charge is -1.96. The Kier molecular flexibility index (Phi) is 1.82. The quantitative estimate of drug-likeness (QED) is 0.625. The van der Waals surface area contributed by atoms with Gasteiger partial charge in [0.25, 0.3) is 0 Å². The van der Waals surface area contributed by atoms with E-state index in [0.29, 0.717) is 0 Å². The third kappa shape index (κ3) is 1.15. The fourth-order valence-electron chi connectivity index (χ4n) is 1.40. The van der Waals surface area contributed by atoms with Gasteiger partial charge < -0.3 is 0 Å². The van der Waals surface area contributed by atoms with Crippen LogP contribution in [-0.4, -0.2) is 10.2 Å². The summed E-state index contributed by atoms with van der Waals surface area (Å²) in [5.41, 5.74) is 0.999. The van der Waals surface area contributed by atoms with E-state index in [1.165, 1.54) is 15.0 Å². The fourth-order valence-corrected chi connectivity index (χ4v) is 2.88. The van der Waals surface area contributed by atoms with Crippen molar-refractivity contribution in [1.82, 2.24) is 10.2 Å². The summed E-state index contributed by atoms with van der Waals surface area (Å²) in [4.78, 5) is 1.18. The number of hydrogen-bond acceptors (Lipinski definition) is 4. The van der Waals surface area contributed by atoms with E-state index in [-0.39, 0.29) is 0 Å². The highest BCUT2D eigenvalue weighted by atomic mass is 32.1. The van der Waals surface area contributed by atoms with Gasteiger partial charge in [-0.1, -0.05) is 6.07 Å². The van der Waals surface area contributed by atoms with Crippen molar-refractivity contribution in [1.29, 1.82) is 0 Å². The highest BCUT2D eigenvalue weighted by Gasteiger charge is 2.07. The Hall–Kier alpha value is -1.26. The molecule has 0 spiro atoms. The van der Waals surface area contributed by atoms with Crippen LogP contribution in [-0.2, 0) is 0 Å². The zero-order chi connectivity index (χ0) is 9.38. The molecule has 14 heavy (non-hydrogen) atoms. The van der Waals surface area contributed by atoms with E-state index in [9.17, 15) is 0 Å². The topological polar surface area (TPSA) is 25.8 Å². The van der Waals surface area contributed by atoms with Gasteiger partial charge in [-0.25, -0.2) is 0 Å². The Labute approximate surface area is 88.9 Å². The normalized spacial score (nSPS) is 10.9. The SMILES string of the molecule is c1csc(-c2nncc3sccc23)c1. The first-order valence-corrected chi connectivity index (χ1v) is 5.94. The highest BCUT2D eigenvalue weighted by Crippen LogP contribution is 2.31. The Bertz CT molecular complexity index is 554. The molecule has 2 nitrogen and oxygen atoms in total. The molecule has 3 heterocycles. The van der Waals surface area contributed by atoms with Gasteiger partial charge in [0.1, 0.15) is 5.69 Å². The minimum absolute atomic E-state index is 0.999. The van der Waals surface area contributed by atoms with Crippen LogP contribution in [0.15, 0.2) is 35.2 Å². The van der Waals surface area contributed by atoms with Crippen LogP contribution in [0.5, 0.6) is 0 Å². The molecule has 0 radical (unpaired) electrons. The van der Waals surface area contributed by atoms with Crippen LogP contribution in [0.4, 0.5) is 0 Å². The van der Waals surface area contributed by atoms with Gasteiger partial charge in [-0.15, -0.1) is 27.8 Å². The molecule has 0 atom stereocenters. The Morgan fingerprint density at radius 1 is 1.07 bits per heavy atom. The summed E-state index contributed by atoms with van der Waals surface area (Å²) in [6.07, 6.45) is 1.82. The zero-order valence-corrected chi connectivity index (χ0v) is 8.81. The van der Waals surface area contributed by atoms with Crippen molar-refractivity contribution in [2.24, 2.45) is 0 Å². The van der Waals surface area contributed by atoms with Crippen molar-refractivity contribution in [2.75, 3.05) is 0 Å². The lowest BCUT2D eigenvalue weighted by Crippen LogP contribution is -1.83. The second kappa shape index (κ2) is 3.15. The summed E-state index contributed by atoms with van der Waals surface area (Å²) < 4.78 is 1.20. The molecule has 4 heteroatoms. The van der Waals surface area contributed by atoms with E-state index in [1.807, 2.05) is 12.3 Å². The molecular formula is C10H6N2S2. The lowest BCUT2D eigenvalue weighted by atomic mass is 10.2. The molecule has 0 aliphatic rings. The van der Waals surface area contributed by atoms with Crippen LogP contribution in [0.1, 0.15) is 0 Å². The summed E-state index contributed by atoms with van der Waals surface area (Å²) >= 11 is 3.40. The van der Waals surface area contributed by atoms with Crippen LogP contribution >= 0.6 is 22.7 Å². The summed E-state index contributed by atoms with van der Waals surface area (Å²) in [6, 6.07) is 6.21. The Morgan fingerprint density at radius 3 is 2.93 bits per heavy atom. The van der Waals surface area contributed by atoms with Gasteiger partial charge in [-0.3, -0.25) is 0 Å². The highest BCUT2D eigenvalue weighted by molar-refractivity contribution is 7.17. The average Bonchev–Trinajstić information content (AvgIpc) is 2.88. The van der Waals surface area contributed by atoms with E-state index in [1.54, 1.807) is 22.7 Å². The van der Waals surface area contributed by atoms with E-state index < -0.39 is 0 Å². The maximum Gasteiger partial charge on any atom is 0.112 e. The minimum atomic E-state index is 0.999. The standard InChI is InChI=1S/C10H6N2S2/c1-2-8(13-4-1)10-7-3-5-14-9(7)6-11-12-10/h1-6H. The van der Waals surface area contributed by atoms with Crippen LogP contribution < -0.4 is 0 Å². The first-order valence-electron chi connectivity index (χ1n) is 4.18. The molecule has 3 aromatic heterocycles. The average molecular weight is 218 g/mol. The zero-order valence-electron chi connectivity index (χ0n) is 7.18. The van der Waals surface area contributed by atoms with Gasteiger partial charge in [0, 0.05) is 5.39 Å². The second-order valence-electron chi connectivity index (χ2n) is 2.87. The third-order valence-electron chi connectivity index (χ3n) is 2.04. The maximum absolute atomic E-state index is 4.19. The second-order valence-corrected chi connectivity index (χ2v) is 4.76. The summed E-state index contributed by atoms with van der Waals surface area (Å²) in [6.45, 7) is 0. The van der Waals surface area contributed by atoms with Crippen LogP contribution in [0.2, 0.25) is 0 Å². The molecular weight excluding hydrogens is 212 g/mol. The molecule has 68 valence electrons. The van der Waals surface area contributed by atoms with Gasteiger partial charge in [0.05, 0.1) is 15.8 Å². The number of nitrogens with zero attached hydrogens (tertiary/aromatic N) is 2. The number of rotatable bonds is 1. The van der Waals surface area contributed by atoms with E-state index in [0.717, 1.165) is 5.69 Å². The lowest BCUT2D eigenvalue weighted by molar-refractivity contribution is 1.06. The summed E-state index contributed by atoms with van der Waals surface area (Å²) in [5, 5.41) is 13.5. The number of hydrogen-bond donors (Lipinski definition) is 0. The van der Waals surface area contributed by atoms with Crippen LogP contribution in [0.25, 0.3) is 20.7 Å². The minimum Gasteiger partial charge on any atom is -0.157 e. The van der Waals surface area contributed by atoms with Gasteiger partial charge >= 0.3 is 0 Å². The molecule has 0 aromatic carbocycles. The number of thiophene rings is 2. The van der Waals surface area contributed by atoms with Crippen molar-refractivity contribution in [3.63, 3.8) is 0 Å². The van der Waals surface area contributed by atoms with E-state index in [2.05, 4.69) is 33.1 Å². The molecule has 0 amide bonds. The molecule has 3 rings (SSSR count). The molecule has 0 saturated heterocycles. The monoisotopic (exact) mass is 218 g/mol. The molecule has 3 aromatic rings. The predicted molar refractivity (Wildman–Crippen MR) is 60.7 cm³/mol. The molecule has 0 saturated carbocycles. The largest absolute Gasteiger partial charge is 0.157 e. The van der Waals surface area contributed by atoms with E-state index >= 15 is 0 Å². The number of fused-ring (bicyclic) bond motifs is 1. The first kappa shape index (κ1) is 8.08. The van der Waals surface area contributed by atoms with Gasteiger partial charge in [-0.05, 0) is 22.9 Å². The van der Waals surface area contributed by atoms with Gasteiger partial charge in [-0.2, -0.15) is 5.10 Å². The Morgan fingerprint density at radius 2 is 2.07 bits per heavy atom. The fraction of sp³-hybridized carbons (Fsp3) is 0. The maximum atomic E-state index is 4.19. The molecule has 0 fully saturated rings. The summed E-state index contributed by atoms with van der Waals surface area (Å²) in [5.74, 6) is 0. The number of aromatic nitrogens is 2. The first-order chi connectivity index (χ1) is 6.95. The van der Waals surface area contributed by atoms with Crippen LogP contribution in [0, 0.1) is 0 Å².